The van der Waals surface area contributed by atoms with Crippen LogP contribution in [0.2, 0.25) is 0 Å². The highest BCUT2D eigenvalue weighted by Gasteiger charge is 2.22. The van der Waals surface area contributed by atoms with E-state index in [9.17, 15) is 10.1 Å². The molecule has 8 nitrogen and oxygen atoms in total. The first-order valence-corrected chi connectivity index (χ1v) is 6.81. The van der Waals surface area contributed by atoms with Gasteiger partial charge in [0.05, 0.1) is 9.93 Å². The molecule has 2 heterocycles. The van der Waals surface area contributed by atoms with Gasteiger partial charge < -0.3 is 10.6 Å². The smallest absolute Gasteiger partial charge is 0.353 e. The van der Waals surface area contributed by atoms with Gasteiger partial charge in [-0.1, -0.05) is 6.92 Å². The largest absolute Gasteiger partial charge is 0.367 e. The van der Waals surface area contributed by atoms with E-state index in [1.807, 2.05) is 12.3 Å². The second-order valence-electron chi connectivity index (χ2n) is 4.08. The first-order chi connectivity index (χ1) is 9.63. The Labute approximate surface area is 119 Å². The molecule has 2 rings (SSSR count). The standard InChI is InChI=1S/C11H14N6O2S/c1-7(11-13-3-4-20-11)5-14-10-8(17(18)19)9(12-2)15-6-16-10/h3-4,6-7H,5H2,1-2H3,(H2,12,14,15,16). The Morgan fingerprint density at radius 2 is 2.15 bits per heavy atom. The lowest BCUT2D eigenvalue weighted by molar-refractivity contribution is -0.383. The van der Waals surface area contributed by atoms with Crippen LogP contribution in [0.3, 0.4) is 0 Å². The van der Waals surface area contributed by atoms with Crippen molar-refractivity contribution in [2.45, 2.75) is 12.8 Å². The predicted molar refractivity (Wildman–Crippen MR) is 77.3 cm³/mol. The molecule has 2 aromatic rings. The van der Waals surface area contributed by atoms with Gasteiger partial charge in [-0.2, -0.15) is 0 Å². The van der Waals surface area contributed by atoms with Crippen LogP contribution in [0, 0.1) is 10.1 Å². The van der Waals surface area contributed by atoms with E-state index in [2.05, 4.69) is 25.6 Å². The molecule has 1 unspecified atom stereocenters. The summed E-state index contributed by atoms with van der Waals surface area (Å²) in [4.78, 5) is 22.6. The van der Waals surface area contributed by atoms with Crippen LogP contribution in [0.25, 0.3) is 0 Å². The number of nitrogens with one attached hydrogen (secondary N) is 2. The summed E-state index contributed by atoms with van der Waals surface area (Å²) in [6, 6.07) is 0. The van der Waals surface area contributed by atoms with E-state index in [1.165, 1.54) is 6.33 Å². The zero-order valence-corrected chi connectivity index (χ0v) is 11.8. The highest BCUT2D eigenvalue weighted by molar-refractivity contribution is 7.09. The molecule has 0 aliphatic heterocycles. The van der Waals surface area contributed by atoms with Crippen LogP contribution in [0.15, 0.2) is 17.9 Å². The second-order valence-corrected chi connectivity index (χ2v) is 5.01. The number of thiazole rings is 1. The van der Waals surface area contributed by atoms with Gasteiger partial charge in [0.25, 0.3) is 0 Å². The van der Waals surface area contributed by atoms with Crippen molar-refractivity contribution < 1.29 is 4.92 Å². The summed E-state index contributed by atoms with van der Waals surface area (Å²) in [7, 11) is 1.58. The van der Waals surface area contributed by atoms with E-state index in [4.69, 9.17) is 0 Å². The summed E-state index contributed by atoms with van der Waals surface area (Å²) < 4.78 is 0. The Morgan fingerprint density at radius 3 is 2.75 bits per heavy atom. The van der Waals surface area contributed by atoms with Crippen LogP contribution >= 0.6 is 11.3 Å². The quantitative estimate of drug-likeness (QED) is 0.620. The first-order valence-electron chi connectivity index (χ1n) is 5.94. The van der Waals surface area contributed by atoms with Gasteiger partial charge in [-0.15, -0.1) is 11.3 Å². The SMILES string of the molecule is CNc1ncnc(NCC(C)c2nccs2)c1[N+](=O)[O-]. The number of anilines is 2. The van der Waals surface area contributed by atoms with Crippen molar-refractivity contribution in [3.63, 3.8) is 0 Å². The monoisotopic (exact) mass is 294 g/mol. The molecule has 0 amide bonds. The minimum absolute atomic E-state index is 0.141. The lowest BCUT2D eigenvalue weighted by atomic mass is 10.2. The maximum atomic E-state index is 11.1. The average molecular weight is 294 g/mol. The highest BCUT2D eigenvalue weighted by atomic mass is 32.1. The Hall–Kier alpha value is -2.29. The van der Waals surface area contributed by atoms with E-state index >= 15 is 0 Å². The third-order valence-electron chi connectivity index (χ3n) is 2.69. The van der Waals surface area contributed by atoms with Crippen LogP contribution in [0.4, 0.5) is 17.3 Å². The van der Waals surface area contributed by atoms with Gasteiger partial charge in [0, 0.05) is 31.1 Å². The molecule has 0 fully saturated rings. The number of nitrogens with zero attached hydrogens (tertiary/aromatic N) is 4. The van der Waals surface area contributed by atoms with E-state index in [0.717, 1.165) is 5.01 Å². The number of aromatic nitrogens is 3. The number of rotatable bonds is 6. The molecule has 106 valence electrons. The van der Waals surface area contributed by atoms with Gasteiger partial charge in [-0.3, -0.25) is 10.1 Å². The molecular formula is C11H14N6O2S. The summed E-state index contributed by atoms with van der Waals surface area (Å²) in [5.41, 5.74) is -0.152. The fraction of sp³-hybridized carbons (Fsp3) is 0.364. The minimum Gasteiger partial charge on any atom is -0.367 e. The van der Waals surface area contributed by atoms with E-state index in [0.29, 0.717) is 6.54 Å². The summed E-state index contributed by atoms with van der Waals surface area (Å²) in [6.45, 7) is 2.51. The van der Waals surface area contributed by atoms with Crippen molar-refractivity contribution in [2.75, 3.05) is 24.2 Å². The third-order valence-corrected chi connectivity index (χ3v) is 3.70. The molecule has 0 aliphatic rings. The van der Waals surface area contributed by atoms with Crippen LogP contribution in [0.1, 0.15) is 17.8 Å². The van der Waals surface area contributed by atoms with E-state index in [-0.39, 0.29) is 23.2 Å². The minimum atomic E-state index is -0.498. The zero-order chi connectivity index (χ0) is 14.5. The maximum Gasteiger partial charge on any atom is 0.353 e. The van der Waals surface area contributed by atoms with E-state index < -0.39 is 4.92 Å². The first kappa shape index (κ1) is 14.1. The summed E-state index contributed by atoms with van der Waals surface area (Å²) in [6.07, 6.45) is 3.03. The summed E-state index contributed by atoms with van der Waals surface area (Å²) in [5, 5.41) is 19.7. The molecule has 2 aromatic heterocycles. The van der Waals surface area contributed by atoms with Crippen molar-refractivity contribution in [2.24, 2.45) is 0 Å². The van der Waals surface area contributed by atoms with Crippen LogP contribution in [0.5, 0.6) is 0 Å². The second kappa shape index (κ2) is 6.24. The van der Waals surface area contributed by atoms with Gasteiger partial charge in [0.15, 0.2) is 0 Å². The van der Waals surface area contributed by atoms with Crippen LogP contribution < -0.4 is 10.6 Å². The Kier molecular flexibility index (Phi) is 4.41. The van der Waals surface area contributed by atoms with E-state index in [1.54, 1.807) is 24.6 Å². The molecule has 20 heavy (non-hydrogen) atoms. The molecule has 2 N–H and O–H groups in total. The number of hydrogen-bond donors (Lipinski definition) is 2. The van der Waals surface area contributed by atoms with Crippen LogP contribution in [-0.4, -0.2) is 33.5 Å². The normalized spacial score (nSPS) is 11.9. The fourth-order valence-electron chi connectivity index (χ4n) is 1.68. The predicted octanol–water partition coefficient (Wildman–Crippen LogP) is 2.10. The molecule has 0 bridgehead atoms. The molecule has 0 spiro atoms. The topological polar surface area (TPSA) is 106 Å². The molecule has 9 heteroatoms. The zero-order valence-electron chi connectivity index (χ0n) is 11.0. The Bertz CT molecular complexity index is 589. The van der Waals surface area contributed by atoms with Crippen molar-refractivity contribution in [3.8, 4) is 0 Å². The van der Waals surface area contributed by atoms with Crippen LogP contribution in [-0.2, 0) is 0 Å². The molecule has 1 atom stereocenters. The molecule has 0 saturated heterocycles. The molecule has 0 aliphatic carbocycles. The number of hydrogen-bond acceptors (Lipinski definition) is 8. The Morgan fingerprint density at radius 1 is 1.40 bits per heavy atom. The highest BCUT2D eigenvalue weighted by Crippen LogP contribution is 2.29. The summed E-state index contributed by atoms with van der Waals surface area (Å²) in [5.74, 6) is 0.537. The van der Waals surface area contributed by atoms with Gasteiger partial charge in [-0.05, 0) is 0 Å². The molecule has 0 aromatic carbocycles. The van der Waals surface area contributed by atoms with Gasteiger partial charge in [0.2, 0.25) is 11.6 Å². The van der Waals surface area contributed by atoms with Crippen molar-refractivity contribution in [3.05, 3.63) is 33.0 Å². The lowest BCUT2D eigenvalue weighted by Gasteiger charge is -2.11. The van der Waals surface area contributed by atoms with Gasteiger partial charge in [-0.25, -0.2) is 15.0 Å². The fourth-order valence-corrected chi connectivity index (χ4v) is 2.38. The van der Waals surface area contributed by atoms with Crippen molar-refractivity contribution in [1.82, 2.24) is 15.0 Å². The van der Waals surface area contributed by atoms with Crippen molar-refractivity contribution in [1.29, 1.82) is 0 Å². The van der Waals surface area contributed by atoms with Gasteiger partial charge >= 0.3 is 5.69 Å². The average Bonchev–Trinajstić information content (AvgIpc) is 2.98. The summed E-state index contributed by atoms with van der Waals surface area (Å²) >= 11 is 1.55. The Balaban J connectivity index is 2.15. The number of nitro groups is 1. The molecule has 0 saturated carbocycles. The molecular weight excluding hydrogens is 280 g/mol. The molecule has 0 radical (unpaired) electrons. The maximum absolute atomic E-state index is 11.1. The lowest BCUT2D eigenvalue weighted by Crippen LogP contribution is -2.13. The van der Waals surface area contributed by atoms with Gasteiger partial charge in [0.1, 0.15) is 6.33 Å². The van der Waals surface area contributed by atoms with Crippen molar-refractivity contribution >= 4 is 28.7 Å². The third kappa shape index (κ3) is 2.99.